The van der Waals surface area contributed by atoms with Gasteiger partial charge in [0.05, 0.1) is 40.3 Å². The van der Waals surface area contributed by atoms with Crippen LogP contribution in [-0.4, -0.2) is 27.7 Å². The van der Waals surface area contributed by atoms with Crippen LogP contribution in [0.15, 0.2) is 66.3 Å². The van der Waals surface area contributed by atoms with E-state index in [2.05, 4.69) is 15.3 Å². The Bertz CT molecular complexity index is 1210. The van der Waals surface area contributed by atoms with Crippen LogP contribution in [0.2, 0.25) is 0 Å². The van der Waals surface area contributed by atoms with E-state index in [-0.39, 0.29) is 12.1 Å². The highest BCUT2D eigenvalue weighted by Gasteiger charge is 2.32. The molecule has 7 heteroatoms. The molecule has 2 amide bonds. The van der Waals surface area contributed by atoms with Crippen LogP contribution in [0, 0.1) is 6.92 Å². The molecule has 2 aromatic heterocycles. The fourth-order valence-corrected chi connectivity index (χ4v) is 4.34. The minimum absolute atomic E-state index is 0.0925. The zero-order valence-corrected chi connectivity index (χ0v) is 17.2. The fraction of sp³-hybridized carbons (Fsp3) is 0.174. The van der Waals surface area contributed by atoms with E-state index in [0.717, 1.165) is 44.7 Å². The number of hydrogen-bond acceptors (Lipinski definition) is 5. The van der Waals surface area contributed by atoms with Crippen molar-refractivity contribution >= 4 is 33.3 Å². The number of aryl methyl sites for hydroxylation is 1. The van der Waals surface area contributed by atoms with Gasteiger partial charge in [-0.15, -0.1) is 11.3 Å². The van der Waals surface area contributed by atoms with Crippen LogP contribution in [0.4, 0.5) is 10.5 Å². The minimum Gasteiger partial charge on any atom is -0.306 e. The number of carbonyl (C=O) groups excluding carboxylic acids is 1. The molecule has 1 fully saturated rings. The maximum Gasteiger partial charge on any atom is 0.346 e. The number of amides is 2. The van der Waals surface area contributed by atoms with Gasteiger partial charge >= 0.3 is 6.03 Å². The Kier molecular flexibility index (Phi) is 4.90. The van der Waals surface area contributed by atoms with E-state index < -0.39 is 0 Å². The summed E-state index contributed by atoms with van der Waals surface area (Å²) < 4.78 is 1.09. The van der Waals surface area contributed by atoms with E-state index in [9.17, 15) is 4.79 Å². The van der Waals surface area contributed by atoms with Gasteiger partial charge in [0.1, 0.15) is 0 Å². The smallest absolute Gasteiger partial charge is 0.306 e. The monoisotopic (exact) mass is 416 g/mol. The molecular formula is C23H20N4O2S. The van der Waals surface area contributed by atoms with Crippen LogP contribution in [0.5, 0.6) is 0 Å². The van der Waals surface area contributed by atoms with Gasteiger partial charge in [0.2, 0.25) is 0 Å². The van der Waals surface area contributed by atoms with Gasteiger partial charge in [0.25, 0.3) is 0 Å². The van der Waals surface area contributed by atoms with E-state index in [0.29, 0.717) is 6.61 Å². The summed E-state index contributed by atoms with van der Waals surface area (Å²) in [4.78, 5) is 27.5. The zero-order valence-electron chi connectivity index (χ0n) is 16.4. The number of pyridine rings is 1. The molecule has 1 aliphatic rings. The maximum atomic E-state index is 13.0. The summed E-state index contributed by atoms with van der Waals surface area (Å²) in [5, 5.41) is 4.47. The predicted molar refractivity (Wildman–Crippen MR) is 118 cm³/mol. The third kappa shape index (κ3) is 3.53. The Balaban J connectivity index is 1.40. The predicted octanol–water partition coefficient (Wildman–Crippen LogP) is 5.58. The summed E-state index contributed by atoms with van der Waals surface area (Å²) in [5.74, 6) is 0. The lowest BCUT2D eigenvalue weighted by molar-refractivity contribution is -0.0829. The van der Waals surface area contributed by atoms with E-state index in [1.165, 1.54) is 5.06 Å². The first-order chi connectivity index (χ1) is 14.7. The largest absolute Gasteiger partial charge is 0.346 e. The summed E-state index contributed by atoms with van der Waals surface area (Å²) in [5.41, 5.74) is 7.28. The van der Waals surface area contributed by atoms with Gasteiger partial charge in [-0.2, -0.15) is 5.06 Å². The van der Waals surface area contributed by atoms with E-state index in [1.54, 1.807) is 17.5 Å². The average molecular weight is 417 g/mol. The van der Waals surface area contributed by atoms with Crippen molar-refractivity contribution in [2.45, 2.75) is 19.4 Å². The lowest BCUT2D eigenvalue weighted by Crippen LogP contribution is -2.33. The van der Waals surface area contributed by atoms with Gasteiger partial charge < -0.3 is 5.32 Å². The number of nitrogens with one attached hydrogen (secondary N) is 1. The molecule has 150 valence electrons. The summed E-state index contributed by atoms with van der Waals surface area (Å²) >= 11 is 1.59. The summed E-state index contributed by atoms with van der Waals surface area (Å²) in [6.45, 7) is 2.49. The van der Waals surface area contributed by atoms with Crippen LogP contribution >= 0.6 is 11.3 Å². The van der Waals surface area contributed by atoms with E-state index >= 15 is 0 Å². The van der Waals surface area contributed by atoms with Crippen molar-refractivity contribution in [3.8, 4) is 11.3 Å². The van der Waals surface area contributed by atoms with Gasteiger partial charge in [0, 0.05) is 17.7 Å². The molecule has 5 rings (SSSR count). The molecule has 1 saturated heterocycles. The Morgan fingerprint density at radius 2 is 2.03 bits per heavy atom. The molecule has 0 unspecified atom stereocenters. The summed E-state index contributed by atoms with van der Waals surface area (Å²) in [7, 11) is 0. The van der Waals surface area contributed by atoms with Crippen LogP contribution < -0.4 is 5.32 Å². The van der Waals surface area contributed by atoms with Crippen LogP contribution in [0.1, 0.15) is 23.6 Å². The average Bonchev–Trinajstić information content (AvgIpc) is 3.45. The second-order valence-electron chi connectivity index (χ2n) is 7.22. The molecule has 0 bridgehead atoms. The van der Waals surface area contributed by atoms with Crippen molar-refractivity contribution in [1.29, 1.82) is 0 Å². The highest BCUT2D eigenvalue weighted by molar-refractivity contribution is 7.16. The number of anilines is 1. The molecule has 0 spiro atoms. The number of hydroxylamine groups is 2. The molecule has 0 aliphatic carbocycles. The Morgan fingerprint density at radius 3 is 2.90 bits per heavy atom. The van der Waals surface area contributed by atoms with Gasteiger partial charge in [0.15, 0.2) is 0 Å². The highest BCUT2D eigenvalue weighted by Crippen LogP contribution is 2.32. The van der Waals surface area contributed by atoms with Crippen molar-refractivity contribution in [2.75, 3.05) is 11.9 Å². The number of urea groups is 1. The standard InChI is InChI=1S/C23H20N4O2S/c1-15-7-8-17(19-12-22-20(13-24-19)25-14-30-22)11-18(15)26-23(28)27-21(9-10-29-27)16-5-3-2-4-6-16/h2-8,11-14,21H,9-10H2,1H3,(H,26,28)/t21-/m0/s1. The number of nitrogens with zero attached hydrogens (tertiary/aromatic N) is 3. The number of hydrogen-bond donors (Lipinski definition) is 1. The molecule has 6 nitrogen and oxygen atoms in total. The van der Waals surface area contributed by atoms with Gasteiger partial charge in [-0.3, -0.25) is 9.82 Å². The first kappa shape index (κ1) is 18.7. The van der Waals surface area contributed by atoms with Crippen molar-refractivity contribution in [1.82, 2.24) is 15.0 Å². The first-order valence-electron chi connectivity index (χ1n) is 9.77. The SMILES string of the molecule is Cc1ccc(-c2cc3scnc3cn2)cc1NC(=O)N1OCC[C@H]1c1ccccc1. The molecule has 4 aromatic rings. The van der Waals surface area contributed by atoms with Crippen molar-refractivity contribution in [3.05, 3.63) is 77.4 Å². The van der Waals surface area contributed by atoms with Crippen molar-refractivity contribution < 1.29 is 9.63 Å². The van der Waals surface area contributed by atoms with Gasteiger partial charge in [-0.25, -0.2) is 9.78 Å². The number of thiazole rings is 1. The van der Waals surface area contributed by atoms with Crippen molar-refractivity contribution in [2.24, 2.45) is 0 Å². The second kappa shape index (κ2) is 7.85. The minimum atomic E-state index is -0.271. The molecule has 1 aliphatic heterocycles. The quantitative estimate of drug-likeness (QED) is 0.474. The van der Waals surface area contributed by atoms with E-state index in [1.807, 2.05) is 67.0 Å². The molecule has 30 heavy (non-hydrogen) atoms. The number of fused-ring (bicyclic) bond motifs is 1. The fourth-order valence-electron chi connectivity index (χ4n) is 3.65. The van der Waals surface area contributed by atoms with Gasteiger partial charge in [-0.1, -0.05) is 42.5 Å². The molecule has 2 aromatic carbocycles. The third-order valence-electron chi connectivity index (χ3n) is 5.28. The molecule has 0 saturated carbocycles. The van der Waals surface area contributed by atoms with Crippen LogP contribution in [-0.2, 0) is 4.84 Å². The lowest BCUT2D eigenvalue weighted by atomic mass is 10.0. The highest BCUT2D eigenvalue weighted by atomic mass is 32.1. The number of rotatable bonds is 3. The normalized spacial score (nSPS) is 16.2. The van der Waals surface area contributed by atoms with Crippen LogP contribution in [0.3, 0.4) is 0 Å². The molecular weight excluding hydrogens is 396 g/mol. The van der Waals surface area contributed by atoms with Crippen LogP contribution in [0.25, 0.3) is 21.5 Å². The van der Waals surface area contributed by atoms with Gasteiger partial charge in [-0.05, 0) is 30.2 Å². The summed E-state index contributed by atoms with van der Waals surface area (Å²) in [6, 6.07) is 17.6. The molecule has 0 radical (unpaired) electrons. The third-order valence-corrected chi connectivity index (χ3v) is 6.07. The number of benzene rings is 2. The number of aromatic nitrogens is 2. The lowest BCUT2D eigenvalue weighted by Gasteiger charge is -2.23. The first-order valence-corrected chi connectivity index (χ1v) is 10.7. The number of carbonyl (C=O) groups is 1. The Labute approximate surface area is 178 Å². The summed E-state index contributed by atoms with van der Waals surface area (Å²) in [6.07, 6.45) is 2.55. The second-order valence-corrected chi connectivity index (χ2v) is 8.11. The zero-order chi connectivity index (χ0) is 20.5. The molecule has 1 N–H and O–H groups in total. The maximum absolute atomic E-state index is 13.0. The topological polar surface area (TPSA) is 67.4 Å². The molecule has 3 heterocycles. The Hall–Kier alpha value is -3.29. The van der Waals surface area contributed by atoms with E-state index in [4.69, 9.17) is 4.84 Å². The Morgan fingerprint density at radius 1 is 1.17 bits per heavy atom. The van der Waals surface area contributed by atoms with Crippen molar-refractivity contribution in [3.63, 3.8) is 0 Å². The molecule has 1 atom stereocenters.